The lowest BCUT2D eigenvalue weighted by Gasteiger charge is -2.43. The molecule has 2 bridgehead atoms. The van der Waals surface area contributed by atoms with E-state index >= 15 is 0 Å². The van der Waals surface area contributed by atoms with Crippen molar-refractivity contribution in [3.8, 4) is 0 Å². The minimum Gasteiger partial charge on any atom is -0.387 e. The Hall–Kier alpha value is -0.120. The summed E-state index contributed by atoms with van der Waals surface area (Å²) in [7, 11) is 0. The molecule has 2 fully saturated rings. The molecule has 2 saturated heterocycles. The maximum absolute atomic E-state index is 10.4. The van der Waals surface area contributed by atoms with Crippen LogP contribution in [0.15, 0.2) is 0 Å². The van der Waals surface area contributed by atoms with Gasteiger partial charge in [-0.1, -0.05) is 13.8 Å². The van der Waals surface area contributed by atoms with Crippen molar-refractivity contribution in [2.24, 2.45) is 5.92 Å². The second-order valence-corrected chi connectivity index (χ2v) is 5.51. The van der Waals surface area contributed by atoms with Crippen LogP contribution in [0.1, 0.15) is 40.5 Å². The molecule has 0 saturated carbocycles. The maximum Gasteiger partial charge on any atom is 0.120 e. The van der Waals surface area contributed by atoms with E-state index in [2.05, 4.69) is 0 Å². The Labute approximate surface area is 85.1 Å². The first-order valence-electron chi connectivity index (χ1n) is 5.37. The van der Waals surface area contributed by atoms with E-state index in [-0.39, 0.29) is 5.92 Å². The lowest BCUT2D eigenvalue weighted by molar-refractivity contribution is -0.147. The number of hydrogen-bond acceptors (Lipinski definition) is 3. The molecule has 1 unspecified atom stereocenters. The molecule has 82 valence electrons. The first kappa shape index (κ1) is 10.4. The second kappa shape index (κ2) is 2.52. The van der Waals surface area contributed by atoms with Crippen molar-refractivity contribution in [3.63, 3.8) is 0 Å². The Balaban J connectivity index is 2.46. The molecule has 2 heterocycles. The SMILES string of the molecule is CC(C)[C@]12CC[C@](C)(O1)[C@H](O)C2(C)O. The lowest BCUT2D eigenvalue weighted by Crippen LogP contribution is -2.60. The Kier molecular flexibility index (Phi) is 1.87. The molecule has 0 amide bonds. The van der Waals surface area contributed by atoms with E-state index in [1.54, 1.807) is 6.92 Å². The predicted molar refractivity (Wildman–Crippen MR) is 52.9 cm³/mol. The molecule has 2 aliphatic rings. The van der Waals surface area contributed by atoms with Crippen LogP contribution in [0.3, 0.4) is 0 Å². The normalized spacial score (nSPS) is 57.2. The van der Waals surface area contributed by atoms with Crippen LogP contribution >= 0.6 is 0 Å². The number of aliphatic hydroxyl groups is 2. The van der Waals surface area contributed by atoms with Crippen molar-refractivity contribution >= 4 is 0 Å². The van der Waals surface area contributed by atoms with E-state index < -0.39 is 22.9 Å². The van der Waals surface area contributed by atoms with Gasteiger partial charge in [0.1, 0.15) is 17.3 Å². The van der Waals surface area contributed by atoms with Gasteiger partial charge >= 0.3 is 0 Å². The Morgan fingerprint density at radius 2 is 1.86 bits per heavy atom. The Morgan fingerprint density at radius 3 is 2.14 bits per heavy atom. The molecular formula is C11H20O3. The van der Waals surface area contributed by atoms with Crippen LogP contribution in [0.4, 0.5) is 0 Å². The number of hydrogen-bond donors (Lipinski definition) is 2. The molecule has 0 aliphatic carbocycles. The van der Waals surface area contributed by atoms with Crippen LogP contribution in [0.5, 0.6) is 0 Å². The molecule has 3 nitrogen and oxygen atoms in total. The van der Waals surface area contributed by atoms with E-state index in [9.17, 15) is 10.2 Å². The number of aliphatic hydroxyl groups excluding tert-OH is 1. The van der Waals surface area contributed by atoms with Crippen LogP contribution in [-0.2, 0) is 4.74 Å². The van der Waals surface area contributed by atoms with Gasteiger partial charge in [-0.25, -0.2) is 0 Å². The first-order chi connectivity index (χ1) is 6.26. The van der Waals surface area contributed by atoms with E-state index in [4.69, 9.17) is 4.74 Å². The fourth-order valence-electron chi connectivity index (χ4n) is 3.32. The van der Waals surface area contributed by atoms with Gasteiger partial charge < -0.3 is 14.9 Å². The van der Waals surface area contributed by atoms with Gasteiger partial charge in [0.05, 0.1) is 5.60 Å². The largest absolute Gasteiger partial charge is 0.387 e. The molecule has 2 rings (SSSR count). The molecular weight excluding hydrogens is 180 g/mol. The summed E-state index contributed by atoms with van der Waals surface area (Å²) in [6.07, 6.45) is 0.902. The Bertz CT molecular complexity index is 261. The van der Waals surface area contributed by atoms with E-state index in [0.29, 0.717) is 0 Å². The summed E-state index contributed by atoms with van der Waals surface area (Å²) in [5, 5.41) is 20.4. The predicted octanol–water partition coefficient (Wildman–Crippen LogP) is 1.08. The standard InChI is InChI=1S/C11H20O3/c1-7(2)11-6-5-9(3,14-11)8(12)10(11,4)13/h7-8,12-13H,5-6H2,1-4H3/t8-,9-,10?,11-/m0/s1. The highest BCUT2D eigenvalue weighted by Crippen LogP contribution is 2.58. The highest BCUT2D eigenvalue weighted by Gasteiger charge is 2.71. The summed E-state index contributed by atoms with van der Waals surface area (Å²) >= 11 is 0. The summed E-state index contributed by atoms with van der Waals surface area (Å²) in [4.78, 5) is 0. The molecule has 2 N–H and O–H groups in total. The van der Waals surface area contributed by atoms with Crippen molar-refractivity contribution in [1.29, 1.82) is 0 Å². The third kappa shape index (κ3) is 0.884. The highest BCUT2D eigenvalue weighted by atomic mass is 16.6. The van der Waals surface area contributed by atoms with E-state index in [1.165, 1.54) is 0 Å². The van der Waals surface area contributed by atoms with Crippen LogP contribution in [-0.4, -0.2) is 33.1 Å². The van der Waals surface area contributed by atoms with E-state index in [1.807, 2.05) is 20.8 Å². The number of ether oxygens (including phenoxy) is 1. The zero-order chi connectivity index (χ0) is 10.8. The molecule has 0 radical (unpaired) electrons. The molecule has 2 aliphatic heterocycles. The second-order valence-electron chi connectivity index (χ2n) is 5.51. The molecule has 4 atom stereocenters. The van der Waals surface area contributed by atoms with Crippen LogP contribution in [0.2, 0.25) is 0 Å². The first-order valence-corrected chi connectivity index (χ1v) is 5.37. The van der Waals surface area contributed by atoms with Crippen molar-refractivity contribution in [3.05, 3.63) is 0 Å². The Morgan fingerprint density at radius 1 is 1.29 bits per heavy atom. The van der Waals surface area contributed by atoms with Gasteiger partial charge in [-0.2, -0.15) is 0 Å². The quantitative estimate of drug-likeness (QED) is 0.666. The van der Waals surface area contributed by atoms with Gasteiger partial charge in [-0.05, 0) is 32.6 Å². The third-order valence-corrected chi connectivity index (χ3v) is 4.31. The van der Waals surface area contributed by atoms with Crippen molar-refractivity contribution in [2.75, 3.05) is 0 Å². The highest BCUT2D eigenvalue weighted by molar-refractivity contribution is 5.21. The van der Waals surface area contributed by atoms with Gasteiger partial charge in [0, 0.05) is 0 Å². The fourth-order valence-corrected chi connectivity index (χ4v) is 3.32. The number of rotatable bonds is 1. The lowest BCUT2D eigenvalue weighted by atomic mass is 9.66. The summed E-state index contributed by atoms with van der Waals surface area (Å²) in [6, 6.07) is 0. The summed E-state index contributed by atoms with van der Waals surface area (Å²) in [5.41, 5.74) is -2.22. The molecule has 0 aromatic heterocycles. The van der Waals surface area contributed by atoms with Crippen LogP contribution < -0.4 is 0 Å². The minimum absolute atomic E-state index is 0.219. The topological polar surface area (TPSA) is 49.7 Å². The van der Waals surface area contributed by atoms with Gasteiger partial charge in [0.2, 0.25) is 0 Å². The molecule has 0 spiro atoms. The minimum atomic E-state index is -1.12. The van der Waals surface area contributed by atoms with Crippen LogP contribution in [0.25, 0.3) is 0 Å². The summed E-state index contributed by atoms with van der Waals surface area (Å²) < 4.78 is 5.94. The zero-order valence-electron chi connectivity index (χ0n) is 9.37. The number of fused-ring (bicyclic) bond motifs is 2. The summed E-state index contributed by atoms with van der Waals surface area (Å²) in [6.45, 7) is 7.67. The molecule has 3 heteroatoms. The van der Waals surface area contributed by atoms with Gasteiger partial charge in [0.25, 0.3) is 0 Å². The third-order valence-electron chi connectivity index (χ3n) is 4.31. The zero-order valence-corrected chi connectivity index (χ0v) is 9.37. The average molecular weight is 200 g/mol. The fraction of sp³-hybridized carbons (Fsp3) is 1.00. The van der Waals surface area contributed by atoms with Crippen molar-refractivity contribution in [1.82, 2.24) is 0 Å². The monoisotopic (exact) mass is 200 g/mol. The maximum atomic E-state index is 10.4. The molecule has 0 aromatic rings. The van der Waals surface area contributed by atoms with Crippen molar-refractivity contribution in [2.45, 2.75) is 63.4 Å². The molecule has 0 aromatic carbocycles. The van der Waals surface area contributed by atoms with Gasteiger partial charge in [-0.15, -0.1) is 0 Å². The van der Waals surface area contributed by atoms with E-state index in [0.717, 1.165) is 12.8 Å². The smallest absolute Gasteiger partial charge is 0.120 e. The van der Waals surface area contributed by atoms with Gasteiger partial charge in [-0.3, -0.25) is 0 Å². The van der Waals surface area contributed by atoms with Gasteiger partial charge in [0.15, 0.2) is 0 Å². The van der Waals surface area contributed by atoms with Crippen molar-refractivity contribution < 1.29 is 14.9 Å². The van der Waals surface area contributed by atoms with Crippen LogP contribution in [0, 0.1) is 5.92 Å². The average Bonchev–Trinajstić information content (AvgIpc) is 2.49. The summed E-state index contributed by atoms with van der Waals surface area (Å²) in [5.74, 6) is 0.219. The molecule has 14 heavy (non-hydrogen) atoms.